The number of aryl methyl sites for hydroxylation is 1. The molecular weight excluding hydrogens is 402 g/mol. The lowest BCUT2D eigenvalue weighted by atomic mass is 10.2. The van der Waals surface area contributed by atoms with Gasteiger partial charge in [-0.2, -0.15) is 5.10 Å². The molecule has 0 radical (unpaired) electrons. The Labute approximate surface area is 175 Å². The number of hydrogen-bond donors (Lipinski definition) is 2. The van der Waals surface area contributed by atoms with Crippen molar-refractivity contribution >= 4 is 27.3 Å². The van der Waals surface area contributed by atoms with Crippen LogP contribution in [0.4, 0.5) is 11.4 Å². The number of hydrogen-bond acceptors (Lipinski definition) is 5. The van der Waals surface area contributed by atoms with Gasteiger partial charge in [-0.3, -0.25) is 14.2 Å². The van der Waals surface area contributed by atoms with Crippen molar-refractivity contribution < 1.29 is 13.2 Å². The van der Waals surface area contributed by atoms with Gasteiger partial charge >= 0.3 is 0 Å². The Morgan fingerprint density at radius 2 is 1.87 bits per heavy atom. The molecule has 0 unspecified atom stereocenters. The predicted octanol–water partition coefficient (Wildman–Crippen LogP) is 3.06. The van der Waals surface area contributed by atoms with E-state index in [0.717, 1.165) is 40.4 Å². The number of carbonyl (C=O) groups is 1. The van der Waals surface area contributed by atoms with Gasteiger partial charge in [0.2, 0.25) is 15.9 Å². The highest BCUT2D eigenvalue weighted by Gasteiger charge is 2.27. The SMILES string of the molecule is Cc1ccccc1N(CC(=O)Nc1ccc(-c2n[nH]c(C3CC3)n2)cc1)S(C)(=O)=O. The Kier molecular flexibility index (Phi) is 5.29. The fraction of sp³-hybridized carbons (Fsp3) is 0.286. The Hall–Kier alpha value is -3.20. The number of nitrogens with one attached hydrogen (secondary N) is 2. The largest absolute Gasteiger partial charge is 0.325 e. The molecule has 1 saturated carbocycles. The van der Waals surface area contributed by atoms with Crippen molar-refractivity contribution in [3.63, 3.8) is 0 Å². The molecule has 0 spiro atoms. The first-order valence-electron chi connectivity index (χ1n) is 9.67. The lowest BCUT2D eigenvalue weighted by molar-refractivity contribution is -0.114. The smallest absolute Gasteiger partial charge is 0.245 e. The topological polar surface area (TPSA) is 108 Å². The van der Waals surface area contributed by atoms with Gasteiger partial charge in [0.1, 0.15) is 12.4 Å². The minimum Gasteiger partial charge on any atom is -0.325 e. The summed E-state index contributed by atoms with van der Waals surface area (Å²) >= 11 is 0. The number of carbonyl (C=O) groups excluding carboxylic acids is 1. The van der Waals surface area contributed by atoms with Crippen LogP contribution >= 0.6 is 0 Å². The molecule has 1 fully saturated rings. The van der Waals surface area contributed by atoms with Crippen LogP contribution in [-0.2, 0) is 14.8 Å². The first kappa shape index (κ1) is 20.1. The van der Waals surface area contributed by atoms with Crippen LogP contribution in [0.25, 0.3) is 11.4 Å². The van der Waals surface area contributed by atoms with Gasteiger partial charge in [0.25, 0.3) is 0 Å². The van der Waals surface area contributed by atoms with Crippen molar-refractivity contribution in [3.05, 3.63) is 59.9 Å². The van der Waals surface area contributed by atoms with E-state index < -0.39 is 15.9 Å². The van der Waals surface area contributed by atoms with E-state index in [4.69, 9.17) is 0 Å². The number of nitrogens with zero attached hydrogens (tertiary/aromatic N) is 3. The second-order valence-corrected chi connectivity index (χ2v) is 9.41. The molecule has 1 aromatic heterocycles. The first-order chi connectivity index (χ1) is 14.3. The van der Waals surface area contributed by atoms with E-state index in [1.165, 1.54) is 0 Å². The Bertz CT molecular complexity index is 1170. The van der Waals surface area contributed by atoms with Crippen LogP contribution < -0.4 is 9.62 Å². The molecule has 0 atom stereocenters. The molecule has 30 heavy (non-hydrogen) atoms. The number of amides is 1. The number of benzene rings is 2. The normalized spacial score (nSPS) is 13.8. The number of H-pyrrole nitrogens is 1. The van der Waals surface area contributed by atoms with E-state index in [0.29, 0.717) is 23.1 Å². The summed E-state index contributed by atoms with van der Waals surface area (Å²) in [6.07, 6.45) is 3.38. The third kappa shape index (κ3) is 4.51. The standard InChI is InChI=1S/C21H23N5O3S/c1-14-5-3-4-6-18(14)26(30(2,28)29)13-19(27)22-17-11-9-16(10-12-17)21-23-20(24-25-21)15-7-8-15/h3-6,9-12,15H,7-8,13H2,1-2H3,(H,22,27)(H,23,24,25). The monoisotopic (exact) mass is 425 g/mol. The van der Waals surface area contributed by atoms with E-state index in [-0.39, 0.29) is 6.54 Å². The summed E-state index contributed by atoms with van der Waals surface area (Å²) < 4.78 is 25.6. The van der Waals surface area contributed by atoms with E-state index in [1.54, 1.807) is 24.3 Å². The van der Waals surface area contributed by atoms with Gasteiger partial charge in [0.05, 0.1) is 11.9 Å². The number of anilines is 2. The molecule has 1 aliphatic carbocycles. The van der Waals surface area contributed by atoms with Gasteiger partial charge in [-0.25, -0.2) is 13.4 Å². The van der Waals surface area contributed by atoms with Crippen molar-refractivity contribution in [2.75, 3.05) is 22.4 Å². The summed E-state index contributed by atoms with van der Waals surface area (Å²) in [5.41, 5.74) is 2.67. The molecule has 8 nitrogen and oxygen atoms in total. The van der Waals surface area contributed by atoms with Crippen LogP contribution in [0.2, 0.25) is 0 Å². The number of para-hydroxylation sites is 1. The second kappa shape index (κ2) is 7.91. The lowest BCUT2D eigenvalue weighted by Crippen LogP contribution is -2.37. The van der Waals surface area contributed by atoms with Crippen molar-refractivity contribution in [2.24, 2.45) is 0 Å². The van der Waals surface area contributed by atoms with Gasteiger partial charge in [0, 0.05) is 17.2 Å². The average Bonchev–Trinajstić information content (AvgIpc) is 3.44. The molecule has 0 aliphatic heterocycles. The summed E-state index contributed by atoms with van der Waals surface area (Å²) in [6.45, 7) is 1.50. The lowest BCUT2D eigenvalue weighted by Gasteiger charge is -2.23. The van der Waals surface area contributed by atoms with Crippen molar-refractivity contribution in [1.82, 2.24) is 15.2 Å². The number of rotatable bonds is 7. The summed E-state index contributed by atoms with van der Waals surface area (Å²) in [6, 6.07) is 14.2. The molecule has 2 aromatic carbocycles. The molecule has 3 aromatic rings. The van der Waals surface area contributed by atoms with Gasteiger partial charge in [-0.05, 0) is 55.7 Å². The van der Waals surface area contributed by atoms with E-state index in [9.17, 15) is 13.2 Å². The van der Waals surface area contributed by atoms with Gasteiger partial charge in [-0.15, -0.1) is 0 Å². The minimum absolute atomic E-state index is 0.308. The summed E-state index contributed by atoms with van der Waals surface area (Å²) in [5, 5.41) is 9.98. The molecule has 4 rings (SSSR count). The third-order valence-electron chi connectivity index (χ3n) is 4.97. The second-order valence-electron chi connectivity index (χ2n) is 7.50. The highest BCUT2D eigenvalue weighted by molar-refractivity contribution is 7.92. The van der Waals surface area contributed by atoms with Crippen LogP contribution in [0.5, 0.6) is 0 Å². The van der Waals surface area contributed by atoms with Crippen LogP contribution in [0.15, 0.2) is 48.5 Å². The molecule has 1 amide bonds. The maximum absolute atomic E-state index is 12.5. The summed E-state index contributed by atoms with van der Waals surface area (Å²) in [4.78, 5) is 17.1. The van der Waals surface area contributed by atoms with Gasteiger partial charge in [0.15, 0.2) is 5.82 Å². The molecule has 1 aliphatic rings. The Balaban J connectivity index is 1.45. The fourth-order valence-electron chi connectivity index (χ4n) is 3.20. The van der Waals surface area contributed by atoms with Crippen LogP contribution in [0.1, 0.15) is 30.1 Å². The minimum atomic E-state index is -3.62. The predicted molar refractivity (Wildman–Crippen MR) is 116 cm³/mol. The number of sulfonamides is 1. The molecule has 2 N–H and O–H groups in total. The fourth-order valence-corrected chi connectivity index (χ4v) is 4.11. The van der Waals surface area contributed by atoms with E-state index in [1.807, 2.05) is 31.2 Å². The molecule has 0 saturated heterocycles. The zero-order chi connectivity index (χ0) is 21.3. The maximum atomic E-state index is 12.5. The summed E-state index contributed by atoms with van der Waals surface area (Å²) in [5.74, 6) is 1.61. The van der Waals surface area contributed by atoms with Crippen LogP contribution in [0, 0.1) is 6.92 Å². The van der Waals surface area contributed by atoms with Gasteiger partial charge in [-0.1, -0.05) is 18.2 Å². The van der Waals surface area contributed by atoms with Crippen LogP contribution in [-0.4, -0.2) is 42.3 Å². The maximum Gasteiger partial charge on any atom is 0.245 e. The Morgan fingerprint density at radius 1 is 1.17 bits per heavy atom. The summed E-state index contributed by atoms with van der Waals surface area (Å²) in [7, 11) is -3.62. The first-order valence-corrected chi connectivity index (χ1v) is 11.5. The van der Waals surface area contributed by atoms with E-state index >= 15 is 0 Å². The highest BCUT2D eigenvalue weighted by Crippen LogP contribution is 2.38. The van der Waals surface area contributed by atoms with E-state index in [2.05, 4.69) is 20.5 Å². The van der Waals surface area contributed by atoms with Crippen molar-refractivity contribution in [1.29, 1.82) is 0 Å². The zero-order valence-corrected chi connectivity index (χ0v) is 17.6. The highest BCUT2D eigenvalue weighted by atomic mass is 32.2. The Morgan fingerprint density at radius 3 is 2.50 bits per heavy atom. The molecular formula is C21H23N5O3S. The van der Waals surface area contributed by atoms with Crippen molar-refractivity contribution in [2.45, 2.75) is 25.7 Å². The van der Waals surface area contributed by atoms with Crippen LogP contribution in [0.3, 0.4) is 0 Å². The zero-order valence-electron chi connectivity index (χ0n) is 16.8. The molecule has 1 heterocycles. The molecule has 156 valence electrons. The average molecular weight is 426 g/mol. The number of aromatic nitrogens is 3. The quantitative estimate of drug-likeness (QED) is 0.605. The molecule has 0 bridgehead atoms. The van der Waals surface area contributed by atoms with Crippen molar-refractivity contribution in [3.8, 4) is 11.4 Å². The molecule has 9 heteroatoms. The number of aromatic amines is 1. The van der Waals surface area contributed by atoms with Gasteiger partial charge < -0.3 is 5.32 Å². The third-order valence-corrected chi connectivity index (χ3v) is 6.09.